The molecule has 2 rings (SSSR count). The molecule has 2 aromatic carbocycles. The molecule has 0 aliphatic rings. The molecule has 0 aliphatic heterocycles. The third-order valence-corrected chi connectivity index (χ3v) is 3.50. The molecule has 3 nitrogen and oxygen atoms in total. The van der Waals surface area contributed by atoms with Crippen LogP contribution >= 0.6 is 0 Å². The Morgan fingerprint density at radius 3 is 2.00 bits per heavy atom. The van der Waals surface area contributed by atoms with E-state index >= 15 is 0 Å². The summed E-state index contributed by atoms with van der Waals surface area (Å²) in [5.41, 5.74) is 4.95. The Labute approximate surface area is 114 Å². The zero-order chi connectivity index (χ0) is 14.0. The van der Waals surface area contributed by atoms with Gasteiger partial charge < -0.3 is 0 Å². The van der Waals surface area contributed by atoms with Gasteiger partial charge in [-0.25, -0.2) is 8.42 Å². The topological polar surface area (TPSA) is 46.2 Å². The summed E-state index contributed by atoms with van der Waals surface area (Å²) < 4.78 is 25.0. The summed E-state index contributed by atoms with van der Waals surface area (Å²) in [6.45, 7) is 3.94. The first-order valence-electron chi connectivity index (χ1n) is 6.01. The fraction of sp³-hybridized carbons (Fsp3) is 0.200. The molecule has 0 amide bonds. The lowest BCUT2D eigenvalue weighted by molar-refractivity contribution is 0.607. The van der Waals surface area contributed by atoms with E-state index in [0.29, 0.717) is 5.69 Å². The van der Waals surface area contributed by atoms with Gasteiger partial charge >= 0.3 is 0 Å². The molecule has 0 fully saturated rings. The molecule has 2 aromatic rings. The molecule has 19 heavy (non-hydrogen) atoms. The number of hydrogen-bond donors (Lipinski definition) is 1. The van der Waals surface area contributed by atoms with Gasteiger partial charge in [-0.05, 0) is 42.7 Å². The molecule has 0 radical (unpaired) electrons. The maximum absolute atomic E-state index is 11.2. The highest BCUT2D eigenvalue weighted by Crippen LogP contribution is 2.25. The number of rotatable bonds is 3. The van der Waals surface area contributed by atoms with Crippen LogP contribution < -0.4 is 4.72 Å². The molecule has 0 saturated carbocycles. The summed E-state index contributed by atoms with van der Waals surface area (Å²) in [6.07, 6.45) is 1.15. The molecular weight excluding hydrogens is 258 g/mol. The molecule has 0 aromatic heterocycles. The van der Waals surface area contributed by atoms with E-state index in [2.05, 4.69) is 29.0 Å². The monoisotopic (exact) mass is 275 g/mol. The Morgan fingerprint density at radius 1 is 0.895 bits per heavy atom. The summed E-state index contributed by atoms with van der Waals surface area (Å²) in [4.78, 5) is 0. The average Bonchev–Trinajstić information content (AvgIpc) is 2.31. The van der Waals surface area contributed by atoms with Crippen LogP contribution in [0.4, 0.5) is 5.69 Å². The van der Waals surface area contributed by atoms with Crippen molar-refractivity contribution in [2.45, 2.75) is 13.8 Å². The van der Waals surface area contributed by atoms with Gasteiger partial charge in [0.15, 0.2) is 0 Å². The minimum atomic E-state index is -3.23. The Balaban J connectivity index is 2.36. The smallest absolute Gasteiger partial charge is 0.229 e. The summed E-state index contributed by atoms with van der Waals surface area (Å²) >= 11 is 0. The number of nitrogens with one attached hydrogen (secondary N) is 1. The van der Waals surface area contributed by atoms with Gasteiger partial charge in [0.1, 0.15) is 0 Å². The second kappa shape index (κ2) is 5.05. The second-order valence-corrected chi connectivity index (χ2v) is 6.52. The number of anilines is 1. The summed E-state index contributed by atoms with van der Waals surface area (Å²) in [5, 5.41) is 0. The van der Waals surface area contributed by atoms with Crippen molar-refractivity contribution >= 4 is 15.7 Å². The average molecular weight is 275 g/mol. The van der Waals surface area contributed by atoms with Gasteiger partial charge in [0.25, 0.3) is 0 Å². The van der Waals surface area contributed by atoms with Gasteiger partial charge in [-0.1, -0.05) is 35.9 Å². The molecule has 0 spiro atoms. The van der Waals surface area contributed by atoms with E-state index in [1.165, 1.54) is 5.56 Å². The lowest BCUT2D eigenvalue weighted by atomic mass is 10.0. The van der Waals surface area contributed by atoms with E-state index in [9.17, 15) is 8.42 Å². The molecule has 100 valence electrons. The molecule has 0 heterocycles. The lowest BCUT2D eigenvalue weighted by Crippen LogP contribution is -2.10. The zero-order valence-corrected chi connectivity index (χ0v) is 12.1. The first-order valence-corrected chi connectivity index (χ1v) is 7.90. The number of benzene rings is 2. The van der Waals surface area contributed by atoms with Crippen LogP contribution in [0.15, 0.2) is 42.5 Å². The highest BCUT2D eigenvalue weighted by molar-refractivity contribution is 7.92. The van der Waals surface area contributed by atoms with Gasteiger partial charge in [-0.2, -0.15) is 0 Å². The van der Waals surface area contributed by atoms with Crippen molar-refractivity contribution in [3.8, 4) is 11.1 Å². The number of hydrogen-bond acceptors (Lipinski definition) is 2. The van der Waals surface area contributed by atoms with Crippen LogP contribution in [0.1, 0.15) is 11.1 Å². The third kappa shape index (κ3) is 3.58. The maximum atomic E-state index is 11.2. The predicted octanol–water partition coefficient (Wildman–Crippen LogP) is 3.34. The maximum Gasteiger partial charge on any atom is 0.229 e. The van der Waals surface area contributed by atoms with E-state index in [-0.39, 0.29) is 0 Å². The third-order valence-electron chi connectivity index (χ3n) is 2.91. The highest BCUT2D eigenvalue weighted by Gasteiger charge is 2.06. The minimum Gasteiger partial charge on any atom is -0.284 e. The minimum absolute atomic E-state index is 0.623. The van der Waals surface area contributed by atoms with Crippen LogP contribution in [-0.2, 0) is 10.0 Å². The number of aryl methyl sites for hydroxylation is 2. The highest BCUT2D eigenvalue weighted by atomic mass is 32.2. The Morgan fingerprint density at radius 2 is 1.47 bits per heavy atom. The van der Waals surface area contributed by atoms with Gasteiger partial charge in [0.2, 0.25) is 10.0 Å². The van der Waals surface area contributed by atoms with Crippen LogP contribution in [0.3, 0.4) is 0 Å². The van der Waals surface area contributed by atoms with E-state index in [1.54, 1.807) is 6.07 Å². The Bertz CT molecular complexity index is 689. The fourth-order valence-electron chi connectivity index (χ4n) is 1.90. The fourth-order valence-corrected chi connectivity index (χ4v) is 2.53. The van der Waals surface area contributed by atoms with Gasteiger partial charge in [0.05, 0.1) is 11.9 Å². The normalized spacial score (nSPS) is 11.3. The largest absolute Gasteiger partial charge is 0.284 e. The van der Waals surface area contributed by atoms with Crippen LogP contribution in [0.25, 0.3) is 11.1 Å². The molecule has 0 bridgehead atoms. The first kappa shape index (κ1) is 13.6. The van der Waals surface area contributed by atoms with E-state index in [0.717, 1.165) is 22.9 Å². The van der Waals surface area contributed by atoms with Crippen molar-refractivity contribution in [1.29, 1.82) is 0 Å². The van der Waals surface area contributed by atoms with Crippen molar-refractivity contribution in [3.05, 3.63) is 53.6 Å². The van der Waals surface area contributed by atoms with Crippen molar-refractivity contribution in [3.63, 3.8) is 0 Å². The molecule has 4 heteroatoms. The van der Waals surface area contributed by atoms with Crippen LogP contribution in [-0.4, -0.2) is 14.7 Å². The van der Waals surface area contributed by atoms with E-state index in [4.69, 9.17) is 0 Å². The Hall–Kier alpha value is -1.81. The molecular formula is C15H17NO2S. The van der Waals surface area contributed by atoms with Crippen LogP contribution in [0, 0.1) is 13.8 Å². The Kier molecular flexibility index (Phi) is 3.62. The second-order valence-electron chi connectivity index (χ2n) is 4.77. The molecule has 0 saturated heterocycles. The van der Waals surface area contributed by atoms with Crippen LogP contribution in [0.2, 0.25) is 0 Å². The molecule has 0 unspecified atom stereocenters. The molecule has 0 atom stereocenters. The lowest BCUT2D eigenvalue weighted by Gasteiger charge is -2.10. The van der Waals surface area contributed by atoms with Gasteiger partial charge in [-0.15, -0.1) is 0 Å². The summed E-state index contributed by atoms with van der Waals surface area (Å²) in [5.74, 6) is 0. The molecule has 0 aliphatic carbocycles. The first-order chi connectivity index (χ1) is 8.85. The van der Waals surface area contributed by atoms with Crippen molar-refractivity contribution in [2.24, 2.45) is 0 Å². The summed E-state index contributed by atoms with van der Waals surface area (Å²) in [6, 6.07) is 14.0. The quantitative estimate of drug-likeness (QED) is 0.933. The molecule has 1 N–H and O–H groups in total. The van der Waals surface area contributed by atoms with Crippen molar-refractivity contribution < 1.29 is 8.42 Å². The van der Waals surface area contributed by atoms with Crippen molar-refractivity contribution in [2.75, 3.05) is 11.0 Å². The SMILES string of the molecule is Cc1ccc(-c2ccc(NS(C)(=O)=O)c(C)c2)cc1. The van der Waals surface area contributed by atoms with Gasteiger partial charge in [0, 0.05) is 0 Å². The zero-order valence-electron chi connectivity index (χ0n) is 11.3. The van der Waals surface area contributed by atoms with Gasteiger partial charge in [-0.3, -0.25) is 4.72 Å². The number of sulfonamides is 1. The van der Waals surface area contributed by atoms with E-state index < -0.39 is 10.0 Å². The standard InChI is InChI=1S/C15H17NO2S/c1-11-4-6-13(7-5-11)14-8-9-15(12(2)10-14)16-19(3,17)18/h4-10,16H,1-3H3. The van der Waals surface area contributed by atoms with Crippen LogP contribution in [0.5, 0.6) is 0 Å². The van der Waals surface area contributed by atoms with E-state index in [1.807, 2.05) is 26.0 Å². The van der Waals surface area contributed by atoms with Crippen molar-refractivity contribution in [1.82, 2.24) is 0 Å². The predicted molar refractivity (Wildman–Crippen MR) is 79.8 cm³/mol. The summed E-state index contributed by atoms with van der Waals surface area (Å²) in [7, 11) is -3.23.